The number of anilines is 1. The Morgan fingerprint density at radius 2 is 2.08 bits per heavy atom. The van der Waals surface area contributed by atoms with E-state index in [1.165, 1.54) is 18.3 Å². The Labute approximate surface area is 143 Å². The van der Waals surface area contributed by atoms with Crippen molar-refractivity contribution >= 4 is 17.7 Å². The number of aromatic nitrogens is 2. The smallest absolute Gasteiger partial charge is 0.363 e. The van der Waals surface area contributed by atoms with Gasteiger partial charge in [0.1, 0.15) is 11.6 Å². The molecule has 0 bridgehead atoms. The first-order chi connectivity index (χ1) is 12.0. The number of rotatable bonds is 4. The maximum Gasteiger partial charge on any atom is 0.363 e. The van der Waals surface area contributed by atoms with Gasteiger partial charge in [-0.15, -0.1) is 0 Å². The van der Waals surface area contributed by atoms with E-state index < -0.39 is 4.92 Å². The third-order valence-corrected chi connectivity index (χ3v) is 3.80. The van der Waals surface area contributed by atoms with Crippen molar-refractivity contribution in [3.63, 3.8) is 0 Å². The first kappa shape index (κ1) is 16.6. The second kappa shape index (κ2) is 7.12. The number of nitro groups is 1. The highest BCUT2D eigenvalue weighted by atomic mass is 16.6. The van der Waals surface area contributed by atoms with E-state index >= 15 is 0 Å². The summed E-state index contributed by atoms with van der Waals surface area (Å²) in [5.41, 5.74) is 0.397. The molecule has 1 fully saturated rings. The zero-order chi connectivity index (χ0) is 17.8. The summed E-state index contributed by atoms with van der Waals surface area (Å²) in [6, 6.07) is 5.81. The van der Waals surface area contributed by atoms with Crippen LogP contribution in [0.3, 0.4) is 0 Å². The Hall–Kier alpha value is -3.23. The van der Waals surface area contributed by atoms with Crippen LogP contribution in [0, 0.1) is 17.0 Å². The molecule has 0 spiro atoms. The molecule has 3 heterocycles. The minimum absolute atomic E-state index is 0.185. The average molecular weight is 343 g/mol. The number of nitrogens with zero attached hydrogens (tertiary/aromatic N) is 4. The molecule has 2 aromatic heterocycles. The van der Waals surface area contributed by atoms with Gasteiger partial charge in [-0.25, -0.2) is 9.78 Å². The van der Waals surface area contributed by atoms with E-state index in [1.807, 2.05) is 0 Å². The van der Waals surface area contributed by atoms with Gasteiger partial charge in [0.15, 0.2) is 11.4 Å². The Morgan fingerprint density at radius 3 is 2.76 bits per heavy atom. The third-order valence-electron chi connectivity index (χ3n) is 3.80. The number of nitrogens with one attached hydrogen (secondary N) is 1. The highest BCUT2D eigenvalue weighted by Crippen LogP contribution is 2.26. The lowest BCUT2D eigenvalue weighted by atomic mass is 10.3. The molecule has 0 unspecified atom stereocenters. The van der Waals surface area contributed by atoms with Crippen molar-refractivity contribution < 1.29 is 14.5 Å². The van der Waals surface area contributed by atoms with Crippen LogP contribution >= 0.6 is 0 Å². The van der Waals surface area contributed by atoms with Crippen molar-refractivity contribution in [1.82, 2.24) is 14.9 Å². The van der Waals surface area contributed by atoms with Crippen LogP contribution in [0.15, 0.2) is 30.5 Å². The molecule has 0 radical (unpaired) electrons. The van der Waals surface area contributed by atoms with Crippen LogP contribution < -0.4 is 10.1 Å². The maximum absolute atomic E-state index is 12.1. The second-order valence-corrected chi connectivity index (χ2v) is 5.61. The van der Waals surface area contributed by atoms with Crippen LogP contribution in [0.4, 0.5) is 16.4 Å². The molecule has 2 aromatic rings. The third kappa shape index (κ3) is 4.00. The fourth-order valence-electron chi connectivity index (χ4n) is 2.52. The SMILES string of the molecule is Cc1nc([N+](=O)[O-])ccc1Oc1ccnc(NC(=O)N2CCCC2)c1. The van der Waals surface area contributed by atoms with E-state index in [4.69, 9.17) is 4.74 Å². The van der Waals surface area contributed by atoms with Crippen molar-refractivity contribution in [2.45, 2.75) is 19.8 Å². The Balaban J connectivity index is 1.71. The summed E-state index contributed by atoms with van der Waals surface area (Å²) in [6.07, 6.45) is 3.54. The van der Waals surface area contributed by atoms with Gasteiger partial charge in [-0.2, -0.15) is 0 Å². The highest BCUT2D eigenvalue weighted by molar-refractivity contribution is 5.88. The van der Waals surface area contributed by atoms with Gasteiger partial charge in [-0.3, -0.25) is 5.32 Å². The van der Waals surface area contributed by atoms with Crippen molar-refractivity contribution in [1.29, 1.82) is 0 Å². The standard InChI is InChI=1S/C16H17N5O4/c1-11-13(4-5-15(18-11)21(23)24)25-12-6-7-17-14(10-12)19-16(22)20-8-2-3-9-20/h4-7,10H,2-3,8-9H2,1H3,(H,17,19,22). The van der Waals surface area contributed by atoms with Gasteiger partial charge in [-0.05, 0) is 34.9 Å². The first-order valence-electron chi connectivity index (χ1n) is 7.85. The topological polar surface area (TPSA) is 110 Å². The van der Waals surface area contributed by atoms with Crippen molar-refractivity contribution in [2.75, 3.05) is 18.4 Å². The zero-order valence-corrected chi connectivity index (χ0v) is 13.6. The summed E-state index contributed by atoms with van der Waals surface area (Å²) in [5, 5.41) is 13.5. The molecule has 0 aromatic carbocycles. The summed E-state index contributed by atoms with van der Waals surface area (Å²) in [5.74, 6) is 0.985. The molecule has 1 aliphatic heterocycles. The van der Waals surface area contributed by atoms with Gasteiger partial charge < -0.3 is 19.8 Å². The van der Waals surface area contributed by atoms with Gasteiger partial charge in [0, 0.05) is 38.3 Å². The molecule has 130 valence electrons. The van der Waals surface area contributed by atoms with E-state index in [9.17, 15) is 14.9 Å². The molecular formula is C16H17N5O4. The quantitative estimate of drug-likeness (QED) is 0.674. The molecule has 1 aliphatic rings. The number of aryl methyl sites for hydroxylation is 1. The fourth-order valence-corrected chi connectivity index (χ4v) is 2.52. The number of ether oxygens (including phenoxy) is 1. The minimum atomic E-state index is -0.560. The normalized spacial score (nSPS) is 13.6. The highest BCUT2D eigenvalue weighted by Gasteiger charge is 2.18. The van der Waals surface area contributed by atoms with Crippen LogP contribution in [0.2, 0.25) is 0 Å². The van der Waals surface area contributed by atoms with Gasteiger partial charge >= 0.3 is 11.8 Å². The van der Waals surface area contributed by atoms with Gasteiger partial charge in [-0.1, -0.05) is 0 Å². The lowest BCUT2D eigenvalue weighted by Gasteiger charge is -2.16. The molecule has 3 rings (SSSR count). The molecule has 0 saturated carbocycles. The molecule has 1 saturated heterocycles. The molecule has 25 heavy (non-hydrogen) atoms. The summed E-state index contributed by atoms with van der Waals surface area (Å²) < 4.78 is 5.70. The number of carbonyl (C=O) groups is 1. The van der Waals surface area contributed by atoms with Gasteiger partial charge in [0.05, 0.1) is 0 Å². The van der Waals surface area contributed by atoms with Crippen molar-refractivity contribution in [2.24, 2.45) is 0 Å². The number of pyridine rings is 2. The summed E-state index contributed by atoms with van der Waals surface area (Å²) >= 11 is 0. The van der Waals surface area contributed by atoms with Crippen molar-refractivity contribution in [3.8, 4) is 11.5 Å². The molecule has 0 aliphatic carbocycles. The zero-order valence-electron chi connectivity index (χ0n) is 13.6. The van der Waals surface area contributed by atoms with Gasteiger partial charge in [0.2, 0.25) is 0 Å². The largest absolute Gasteiger partial charge is 0.453 e. The molecule has 9 heteroatoms. The number of hydrogen-bond acceptors (Lipinski definition) is 6. The van der Waals surface area contributed by atoms with E-state index in [0.29, 0.717) is 23.0 Å². The van der Waals surface area contributed by atoms with E-state index in [0.717, 1.165) is 25.9 Å². The number of hydrogen-bond donors (Lipinski definition) is 1. The Morgan fingerprint density at radius 1 is 1.32 bits per heavy atom. The predicted molar refractivity (Wildman–Crippen MR) is 89.8 cm³/mol. The maximum atomic E-state index is 12.1. The first-order valence-corrected chi connectivity index (χ1v) is 7.85. The fraction of sp³-hybridized carbons (Fsp3) is 0.312. The van der Waals surface area contributed by atoms with Crippen LogP contribution in [0.25, 0.3) is 0 Å². The minimum Gasteiger partial charge on any atom is -0.453 e. The number of amides is 2. The van der Waals surface area contributed by atoms with Gasteiger partial charge in [0.25, 0.3) is 0 Å². The molecule has 1 N–H and O–H groups in total. The summed E-state index contributed by atoms with van der Waals surface area (Å²) in [4.78, 5) is 32.0. The number of carbonyl (C=O) groups excluding carboxylic acids is 1. The summed E-state index contributed by atoms with van der Waals surface area (Å²) in [6.45, 7) is 3.12. The predicted octanol–water partition coefficient (Wildman–Crippen LogP) is 3.11. The average Bonchev–Trinajstić information content (AvgIpc) is 3.11. The molecule has 9 nitrogen and oxygen atoms in total. The number of likely N-dealkylation sites (tertiary alicyclic amines) is 1. The second-order valence-electron chi connectivity index (χ2n) is 5.61. The van der Waals surface area contributed by atoms with Crippen LogP contribution in [-0.2, 0) is 0 Å². The van der Waals surface area contributed by atoms with Crippen LogP contribution in [-0.4, -0.2) is 38.9 Å². The lowest BCUT2D eigenvalue weighted by Crippen LogP contribution is -2.32. The Kier molecular flexibility index (Phi) is 4.73. The van der Waals surface area contributed by atoms with E-state index in [-0.39, 0.29) is 11.8 Å². The monoisotopic (exact) mass is 343 g/mol. The summed E-state index contributed by atoms with van der Waals surface area (Å²) in [7, 11) is 0. The van der Waals surface area contributed by atoms with E-state index in [2.05, 4.69) is 15.3 Å². The molecule has 2 amide bonds. The number of urea groups is 1. The van der Waals surface area contributed by atoms with Crippen LogP contribution in [0.1, 0.15) is 18.5 Å². The van der Waals surface area contributed by atoms with Crippen LogP contribution in [0.5, 0.6) is 11.5 Å². The Bertz CT molecular complexity index is 805. The molecule has 0 atom stereocenters. The van der Waals surface area contributed by atoms with Crippen molar-refractivity contribution in [3.05, 3.63) is 46.3 Å². The van der Waals surface area contributed by atoms with E-state index in [1.54, 1.807) is 24.0 Å². The molecular weight excluding hydrogens is 326 g/mol. The lowest BCUT2D eigenvalue weighted by molar-refractivity contribution is -0.389.